The van der Waals surface area contributed by atoms with Crippen molar-refractivity contribution in [2.24, 2.45) is 7.05 Å². The van der Waals surface area contributed by atoms with E-state index >= 15 is 0 Å². The third-order valence-electron chi connectivity index (χ3n) is 5.49. The minimum Gasteiger partial charge on any atom is -0.354 e. The zero-order chi connectivity index (χ0) is 16.5. The van der Waals surface area contributed by atoms with Crippen molar-refractivity contribution in [1.82, 2.24) is 9.55 Å². The molecule has 118 valence electrons. The van der Waals surface area contributed by atoms with Crippen LogP contribution >= 0.6 is 0 Å². The molecular formula is C23H16N2. The lowest BCUT2D eigenvalue weighted by molar-refractivity contribution is 1.02. The predicted octanol–water partition coefficient (Wildman–Crippen LogP) is 6.12. The first kappa shape index (κ1) is 13.1. The Morgan fingerprint density at radius 2 is 1.44 bits per heavy atom. The molecule has 0 saturated carbocycles. The second-order valence-electron chi connectivity index (χ2n) is 6.83. The van der Waals surface area contributed by atoms with Gasteiger partial charge in [0.05, 0.1) is 5.52 Å². The topological polar surface area (TPSA) is 20.7 Å². The van der Waals surface area contributed by atoms with Crippen molar-refractivity contribution in [2.45, 2.75) is 0 Å². The summed E-state index contributed by atoms with van der Waals surface area (Å²) in [6, 6.07) is 26.3. The first-order valence-corrected chi connectivity index (χ1v) is 8.61. The predicted molar refractivity (Wildman–Crippen MR) is 107 cm³/mol. The first-order chi connectivity index (χ1) is 12.3. The lowest BCUT2D eigenvalue weighted by Gasteiger charge is -2.02. The number of aromatic amines is 1. The van der Waals surface area contributed by atoms with Crippen molar-refractivity contribution in [1.29, 1.82) is 0 Å². The highest BCUT2D eigenvalue weighted by Gasteiger charge is 2.15. The van der Waals surface area contributed by atoms with E-state index in [2.05, 4.69) is 89.4 Å². The Kier molecular flexibility index (Phi) is 2.31. The summed E-state index contributed by atoms with van der Waals surface area (Å²) in [4.78, 5) is 3.62. The molecule has 0 radical (unpaired) electrons. The Labute approximate surface area is 144 Å². The van der Waals surface area contributed by atoms with Gasteiger partial charge in [0.2, 0.25) is 0 Å². The Balaban J connectivity index is 1.93. The van der Waals surface area contributed by atoms with Crippen LogP contribution in [0.15, 0.2) is 72.8 Å². The van der Waals surface area contributed by atoms with Gasteiger partial charge in [-0.3, -0.25) is 0 Å². The number of nitrogens with zero attached hydrogens (tertiary/aromatic N) is 1. The number of aromatic nitrogens is 2. The summed E-state index contributed by atoms with van der Waals surface area (Å²) < 4.78 is 2.33. The van der Waals surface area contributed by atoms with Crippen LogP contribution in [0.25, 0.3) is 54.4 Å². The maximum atomic E-state index is 3.62. The quantitative estimate of drug-likeness (QED) is 0.348. The average Bonchev–Trinajstić information content (AvgIpc) is 3.15. The Morgan fingerprint density at radius 1 is 0.680 bits per heavy atom. The molecule has 4 aromatic carbocycles. The van der Waals surface area contributed by atoms with E-state index in [0.29, 0.717) is 0 Å². The van der Waals surface area contributed by atoms with Crippen LogP contribution < -0.4 is 0 Å². The van der Waals surface area contributed by atoms with E-state index in [-0.39, 0.29) is 0 Å². The van der Waals surface area contributed by atoms with Crippen molar-refractivity contribution in [2.75, 3.05) is 0 Å². The summed E-state index contributed by atoms with van der Waals surface area (Å²) in [7, 11) is 2.17. The molecule has 0 aliphatic carbocycles. The number of rotatable bonds is 0. The molecule has 0 fully saturated rings. The van der Waals surface area contributed by atoms with E-state index in [1.807, 2.05) is 0 Å². The van der Waals surface area contributed by atoms with E-state index in [1.54, 1.807) is 0 Å². The van der Waals surface area contributed by atoms with Crippen molar-refractivity contribution < 1.29 is 0 Å². The molecule has 0 bridgehead atoms. The van der Waals surface area contributed by atoms with E-state index in [0.717, 1.165) is 0 Å². The summed E-state index contributed by atoms with van der Waals surface area (Å²) in [5.41, 5.74) is 4.98. The second kappa shape index (κ2) is 4.42. The number of nitrogens with one attached hydrogen (secondary N) is 1. The molecule has 0 aliphatic rings. The molecule has 25 heavy (non-hydrogen) atoms. The van der Waals surface area contributed by atoms with Gasteiger partial charge in [-0.25, -0.2) is 0 Å². The van der Waals surface area contributed by atoms with E-state index in [4.69, 9.17) is 0 Å². The minimum absolute atomic E-state index is 1.20. The van der Waals surface area contributed by atoms with Gasteiger partial charge in [-0.1, -0.05) is 48.5 Å². The SMILES string of the molecule is Cn1c2ccccc2c2ccc3[nH]c4cc5ccccc5cc4c3c21. The van der Waals surface area contributed by atoms with E-state index < -0.39 is 0 Å². The minimum atomic E-state index is 1.20. The Morgan fingerprint density at radius 3 is 2.32 bits per heavy atom. The van der Waals surface area contributed by atoms with Crippen LogP contribution in [0.3, 0.4) is 0 Å². The van der Waals surface area contributed by atoms with Crippen LogP contribution in [0.1, 0.15) is 0 Å². The maximum Gasteiger partial charge on any atom is 0.0590 e. The molecule has 2 heterocycles. The smallest absolute Gasteiger partial charge is 0.0590 e. The van der Waals surface area contributed by atoms with Gasteiger partial charge in [-0.2, -0.15) is 0 Å². The van der Waals surface area contributed by atoms with Crippen molar-refractivity contribution in [3.63, 3.8) is 0 Å². The van der Waals surface area contributed by atoms with Crippen LogP contribution in [0, 0.1) is 0 Å². The number of aryl methyl sites for hydroxylation is 1. The fraction of sp³-hybridized carbons (Fsp3) is 0.0435. The number of hydrogen-bond acceptors (Lipinski definition) is 0. The van der Waals surface area contributed by atoms with Gasteiger partial charge in [0, 0.05) is 45.1 Å². The lowest BCUT2D eigenvalue weighted by atomic mass is 10.0. The maximum absolute atomic E-state index is 3.62. The number of benzene rings is 4. The second-order valence-corrected chi connectivity index (χ2v) is 6.83. The van der Waals surface area contributed by atoms with E-state index in [9.17, 15) is 0 Å². The number of fused-ring (bicyclic) bond motifs is 8. The van der Waals surface area contributed by atoms with Crippen molar-refractivity contribution in [3.8, 4) is 0 Å². The Bertz CT molecular complexity index is 1450. The Hall–Kier alpha value is -3.26. The highest BCUT2D eigenvalue weighted by Crippen LogP contribution is 2.38. The number of para-hydroxylation sites is 1. The molecule has 0 atom stereocenters. The van der Waals surface area contributed by atoms with Crippen LogP contribution in [0.4, 0.5) is 0 Å². The summed E-state index contributed by atoms with van der Waals surface area (Å²) in [5, 5.41) is 7.81. The van der Waals surface area contributed by atoms with Gasteiger partial charge < -0.3 is 9.55 Å². The van der Waals surface area contributed by atoms with Gasteiger partial charge in [0.1, 0.15) is 0 Å². The van der Waals surface area contributed by atoms with Crippen molar-refractivity contribution >= 4 is 54.4 Å². The van der Waals surface area contributed by atoms with Crippen LogP contribution in [0.5, 0.6) is 0 Å². The van der Waals surface area contributed by atoms with Gasteiger partial charge >= 0.3 is 0 Å². The largest absolute Gasteiger partial charge is 0.354 e. The van der Waals surface area contributed by atoms with Crippen molar-refractivity contribution in [3.05, 3.63) is 72.8 Å². The lowest BCUT2D eigenvalue weighted by Crippen LogP contribution is -1.86. The highest BCUT2D eigenvalue weighted by molar-refractivity contribution is 6.25. The van der Waals surface area contributed by atoms with Crippen LogP contribution in [0.2, 0.25) is 0 Å². The molecule has 1 N–H and O–H groups in total. The fourth-order valence-corrected chi connectivity index (χ4v) is 4.34. The zero-order valence-corrected chi connectivity index (χ0v) is 13.9. The third-order valence-corrected chi connectivity index (χ3v) is 5.49. The first-order valence-electron chi connectivity index (χ1n) is 8.61. The van der Waals surface area contributed by atoms with Gasteiger partial charge in [0.15, 0.2) is 0 Å². The van der Waals surface area contributed by atoms with Gasteiger partial charge in [-0.15, -0.1) is 0 Å². The van der Waals surface area contributed by atoms with Gasteiger partial charge in [0.25, 0.3) is 0 Å². The fourth-order valence-electron chi connectivity index (χ4n) is 4.34. The number of H-pyrrole nitrogens is 1. The molecular weight excluding hydrogens is 304 g/mol. The normalized spacial score (nSPS) is 12.2. The molecule has 0 spiro atoms. The summed E-state index contributed by atoms with van der Waals surface area (Å²) >= 11 is 0. The zero-order valence-electron chi connectivity index (χ0n) is 13.9. The molecule has 2 nitrogen and oxygen atoms in total. The average molecular weight is 320 g/mol. The van der Waals surface area contributed by atoms with Crippen LogP contribution in [-0.2, 0) is 7.05 Å². The molecule has 0 saturated heterocycles. The molecule has 0 unspecified atom stereocenters. The van der Waals surface area contributed by atoms with E-state index in [1.165, 1.54) is 54.4 Å². The highest BCUT2D eigenvalue weighted by atomic mass is 14.9. The standard InChI is InChI=1S/C23H16N2/c1-25-21-9-5-4-8-16(21)17-10-11-19-22(23(17)25)18-12-14-6-2-3-7-15(14)13-20(18)24-19/h2-13,24H,1H3. The van der Waals surface area contributed by atoms with Crippen LogP contribution in [-0.4, -0.2) is 9.55 Å². The third kappa shape index (κ3) is 1.59. The molecule has 6 aromatic rings. The monoisotopic (exact) mass is 320 g/mol. The molecule has 2 heteroatoms. The summed E-state index contributed by atoms with van der Waals surface area (Å²) in [6.07, 6.45) is 0. The number of hydrogen-bond donors (Lipinski definition) is 1. The molecule has 0 amide bonds. The molecule has 0 aliphatic heterocycles. The molecule has 6 rings (SSSR count). The summed E-state index contributed by atoms with van der Waals surface area (Å²) in [6.45, 7) is 0. The molecule has 2 aromatic heterocycles. The summed E-state index contributed by atoms with van der Waals surface area (Å²) in [5.74, 6) is 0. The van der Waals surface area contributed by atoms with Gasteiger partial charge in [-0.05, 0) is 35.0 Å².